The van der Waals surface area contributed by atoms with Crippen LogP contribution in [0.25, 0.3) is 0 Å². The third-order valence-corrected chi connectivity index (χ3v) is 2.68. The maximum absolute atomic E-state index is 12.7. The summed E-state index contributed by atoms with van der Waals surface area (Å²) in [4.78, 5) is 23.8. The van der Waals surface area contributed by atoms with Crippen molar-refractivity contribution in [3.05, 3.63) is 35.6 Å². The van der Waals surface area contributed by atoms with E-state index in [0.717, 1.165) is 5.56 Å². The van der Waals surface area contributed by atoms with Crippen molar-refractivity contribution < 1.29 is 23.8 Å². The normalized spacial score (nSPS) is 11.8. The minimum absolute atomic E-state index is 0.127. The summed E-state index contributed by atoms with van der Waals surface area (Å²) in [5.41, 5.74) is 0.769. The van der Waals surface area contributed by atoms with Crippen molar-refractivity contribution in [2.75, 3.05) is 20.7 Å². The molecule has 7 heteroatoms. The number of halogens is 1. The minimum Gasteiger partial charge on any atom is -0.479 e. The second kappa shape index (κ2) is 7.44. The molecular formula is C13H17FN2O4. The van der Waals surface area contributed by atoms with E-state index in [-0.39, 0.29) is 18.9 Å². The van der Waals surface area contributed by atoms with E-state index in [1.165, 1.54) is 24.1 Å². The van der Waals surface area contributed by atoms with Crippen LogP contribution in [0.4, 0.5) is 9.18 Å². The molecule has 20 heavy (non-hydrogen) atoms. The summed E-state index contributed by atoms with van der Waals surface area (Å²) < 4.78 is 17.4. The van der Waals surface area contributed by atoms with Gasteiger partial charge in [0.25, 0.3) is 0 Å². The number of carboxylic acid groups (broad SMARTS) is 1. The van der Waals surface area contributed by atoms with Gasteiger partial charge in [-0.2, -0.15) is 0 Å². The summed E-state index contributed by atoms with van der Waals surface area (Å²) in [5.74, 6) is -1.49. The molecule has 110 valence electrons. The summed E-state index contributed by atoms with van der Waals surface area (Å²) in [6.45, 7) is 0.162. The first kappa shape index (κ1) is 15.9. The largest absolute Gasteiger partial charge is 0.479 e. The highest BCUT2D eigenvalue weighted by molar-refractivity contribution is 5.76. The van der Waals surface area contributed by atoms with Gasteiger partial charge in [0.15, 0.2) is 6.10 Å². The number of benzene rings is 1. The average molecular weight is 284 g/mol. The van der Waals surface area contributed by atoms with Gasteiger partial charge in [-0.05, 0) is 17.7 Å². The van der Waals surface area contributed by atoms with Crippen LogP contribution in [-0.4, -0.2) is 48.8 Å². The maximum Gasteiger partial charge on any atom is 0.334 e. The van der Waals surface area contributed by atoms with Crippen LogP contribution in [0.1, 0.15) is 5.56 Å². The van der Waals surface area contributed by atoms with Crippen molar-refractivity contribution in [1.29, 1.82) is 0 Å². The summed E-state index contributed by atoms with van der Waals surface area (Å²) in [6.07, 6.45) is -1.09. The molecule has 1 unspecified atom stereocenters. The van der Waals surface area contributed by atoms with Crippen molar-refractivity contribution >= 4 is 12.0 Å². The third-order valence-electron chi connectivity index (χ3n) is 2.68. The van der Waals surface area contributed by atoms with Crippen molar-refractivity contribution in [3.63, 3.8) is 0 Å². The van der Waals surface area contributed by atoms with Crippen LogP contribution in [0.5, 0.6) is 0 Å². The molecule has 1 aromatic rings. The van der Waals surface area contributed by atoms with Gasteiger partial charge in [-0.25, -0.2) is 14.0 Å². The molecule has 6 nitrogen and oxygen atoms in total. The fourth-order valence-corrected chi connectivity index (χ4v) is 1.52. The topological polar surface area (TPSA) is 78.9 Å². The van der Waals surface area contributed by atoms with E-state index in [1.54, 1.807) is 19.2 Å². The fourth-order valence-electron chi connectivity index (χ4n) is 1.52. The number of rotatable bonds is 6. The Kier molecular flexibility index (Phi) is 5.92. The lowest BCUT2D eigenvalue weighted by Crippen LogP contribution is -2.43. The number of amides is 2. The Labute approximate surface area is 116 Å². The average Bonchev–Trinajstić information content (AvgIpc) is 2.41. The number of carboxylic acids is 1. The Bertz CT molecular complexity index is 464. The molecule has 0 saturated carbocycles. The lowest BCUT2D eigenvalue weighted by molar-refractivity contribution is -0.148. The Morgan fingerprint density at radius 3 is 2.50 bits per heavy atom. The van der Waals surface area contributed by atoms with Gasteiger partial charge >= 0.3 is 12.0 Å². The van der Waals surface area contributed by atoms with Crippen LogP contribution < -0.4 is 5.32 Å². The number of nitrogens with one attached hydrogen (secondary N) is 1. The number of carbonyl (C=O) groups is 2. The van der Waals surface area contributed by atoms with Gasteiger partial charge in [0, 0.05) is 20.7 Å². The highest BCUT2D eigenvalue weighted by atomic mass is 19.1. The monoisotopic (exact) mass is 284 g/mol. The SMILES string of the molecule is COC(CNC(=O)N(C)Cc1ccc(F)cc1)C(=O)O. The Hall–Kier alpha value is -2.15. The number of carbonyl (C=O) groups excluding carboxylic acids is 1. The number of ether oxygens (including phenoxy) is 1. The zero-order valence-corrected chi connectivity index (χ0v) is 11.3. The lowest BCUT2D eigenvalue weighted by atomic mass is 10.2. The number of hydrogen-bond acceptors (Lipinski definition) is 3. The molecule has 2 amide bonds. The van der Waals surface area contributed by atoms with Gasteiger partial charge in [0.2, 0.25) is 0 Å². The summed E-state index contributed by atoms with van der Waals surface area (Å²) in [7, 11) is 2.81. The third kappa shape index (κ3) is 4.85. The molecule has 1 atom stereocenters. The zero-order valence-electron chi connectivity index (χ0n) is 11.3. The molecule has 0 radical (unpaired) electrons. The first-order valence-corrected chi connectivity index (χ1v) is 5.93. The number of methoxy groups -OCH3 is 1. The number of aliphatic carboxylic acids is 1. The van der Waals surface area contributed by atoms with E-state index < -0.39 is 18.1 Å². The fraction of sp³-hybridized carbons (Fsp3) is 0.385. The number of hydrogen-bond donors (Lipinski definition) is 2. The van der Waals surface area contributed by atoms with Gasteiger partial charge in [-0.1, -0.05) is 12.1 Å². The lowest BCUT2D eigenvalue weighted by Gasteiger charge is -2.19. The highest BCUT2D eigenvalue weighted by Crippen LogP contribution is 2.05. The van der Waals surface area contributed by atoms with Gasteiger partial charge in [-0.15, -0.1) is 0 Å². The second-order valence-corrected chi connectivity index (χ2v) is 4.23. The van der Waals surface area contributed by atoms with Crippen LogP contribution in [0.15, 0.2) is 24.3 Å². The molecule has 1 aromatic carbocycles. The molecule has 0 aliphatic heterocycles. The molecule has 0 spiro atoms. The van der Waals surface area contributed by atoms with Crippen molar-refractivity contribution in [3.8, 4) is 0 Å². The van der Waals surface area contributed by atoms with Crippen molar-refractivity contribution in [2.24, 2.45) is 0 Å². The minimum atomic E-state index is -1.14. The van der Waals surface area contributed by atoms with Gasteiger partial charge in [-0.3, -0.25) is 0 Å². The highest BCUT2D eigenvalue weighted by Gasteiger charge is 2.18. The van der Waals surface area contributed by atoms with Crippen LogP contribution >= 0.6 is 0 Å². The van der Waals surface area contributed by atoms with Gasteiger partial charge in [0.05, 0.1) is 6.54 Å². The number of nitrogens with zero attached hydrogens (tertiary/aromatic N) is 1. The number of urea groups is 1. The van der Waals surface area contributed by atoms with Crippen LogP contribution in [0.3, 0.4) is 0 Å². The second-order valence-electron chi connectivity index (χ2n) is 4.23. The quantitative estimate of drug-likeness (QED) is 0.819. The maximum atomic E-state index is 12.7. The molecule has 0 aliphatic carbocycles. The van der Waals surface area contributed by atoms with Crippen LogP contribution in [0.2, 0.25) is 0 Å². The molecule has 1 rings (SSSR count). The molecular weight excluding hydrogens is 267 g/mol. The van der Waals surface area contributed by atoms with Crippen LogP contribution in [0, 0.1) is 5.82 Å². The van der Waals surface area contributed by atoms with Crippen molar-refractivity contribution in [1.82, 2.24) is 10.2 Å². The smallest absolute Gasteiger partial charge is 0.334 e. The molecule has 0 aromatic heterocycles. The summed E-state index contributed by atoms with van der Waals surface area (Å²) in [5, 5.41) is 11.2. The van der Waals surface area contributed by atoms with Crippen LogP contribution in [-0.2, 0) is 16.1 Å². The Morgan fingerprint density at radius 1 is 1.40 bits per heavy atom. The first-order valence-electron chi connectivity index (χ1n) is 5.93. The van der Waals surface area contributed by atoms with E-state index in [2.05, 4.69) is 5.32 Å². The molecule has 0 aliphatic rings. The molecule has 2 N–H and O–H groups in total. The molecule has 0 heterocycles. The predicted octanol–water partition coefficient (Wildman–Crippen LogP) is 1.07. The van der Waals surface area contributed by atoms with Gasteiger partial charge in [0.1, 0.15) is 5.82 Å². The Morgan fingerprint density at radius 2 is 2.00 bits per heavy atom. The Balaban J connectivity index is 2.46. The molecule has 0 saturated heterocycles. The van der Waals surface area contributed by atoms with E-state index in [9.17, 15) is 14.0 Å². The summed E-state index contributed by atoms with van der Waals surface area (Å²) in [6, 6.07) is 5.35. The molecule has 0 fully saturated rings. The van der Waals surface area contributed by atoms with E-state index in [0.29, 0.717) is 0 Å². The van der Waals surface area contributed by atoms with E-state index in [4.69, 9.17) is 9.84 Å². The summed E-state index contributed by atoms with van der Waals surface area (Å²) >= 11 is 0. The standard InChI is InChI=1S/C13H17FN2O4/c1-16(8-9-3-5-10(14)6-4-9)13(19)15-7-11(20-2)12(17)18/h3-6,11H,7-8H2,1-2H3,(H,15,19)(H,17,18). The van der Waals surface area contributed by atoms with E-state index in [1.807, 2.05) is 0 Å². The van der Waals surface area contributed by atoms with E-state index >= 15 is 0 Å². The zero-order chi connectivity index (χ0) is 15.1. The van der Waals surface area contributed by atoms with Crippen molar-refractivity contribution in [2.45, 2.75) is 12.6 Å². The predicted molar refractivity (Wildman–Crippen MR) is 69.7 cm³/mol. The molecule has 0 bridgehead atoms. The van der Waals surface area contributed by atoms with Gasteiger partial charge < -0.3 is 20.1 Å². The first-order chi connectivity index (χ1) is 9.43.